The molecule has 0 bridgehead atoms. The molecule has 4 rings (SSSR count). The number of aromatic nitrogens is 2. The molecular weight excluding hydrogens is 400 g/mol. The molecule has 0 radical (unpaired) electrons. The molecule has 1 atom stereocenters. The molecule has 4 aromatic rings. The molecule has 0 aliphatic rings. The minimum Gasteiger partial charge on any atom is -0.481 e. The third kappa shape index (κ3) is 5.19. The van der Waals surface area contributed by atoms with Gasteiger partial charge < -0.3 is 9.52 Å². The zero-order valence-corrected chi connectivity index (χ0v) is 17.8. The van der Waals surface area contributed by atoms with E-state index >= 15 is 0 Å². The number of aliphatic carboxylic acids is 1. The summed E-state index contributed by atoms with van der Waals surface area (Å²) in [6, 6.07) is 21.4. The first-order valence-corrected chi connectivity index (χ1v) is 10.5. The van der Waals surface area contributed by atoms with Crippen molar-refractivity contribution < 1.29 is 14.3 Å². The number of oxazole rings is 1. The lowest BCUT2D eigenvalue weighted by atomic mass is 9.93. The van der Waals surface area contributed by atoms with Crippen LogP contribution < -0.4 is 0 Å². The van der Waals surface area contributed by atoms with Crippen molar-refractivity contribution in [2.75, 3.05) is 0 Å². The number of carbonyl (C=O) groups is 1. The van der Waals surface area contributed by atoms with Crippen LogP contribution >= 0.6 is 0 Å². The van der Waals surface area contributed by atoms with Crippen molar-refractivity contribution in [2.45, 2.75) is 25.7 Å². The topological polar surface area (TPSA) is 76.2 Å². The van der Waals surface area contributed by atoms with Gasteiger partial charge in [0.2, 0.25) is 5.89 Å². The average molecular weight is 425 g/mol. The monoisotopic (exact) mass is 424 g/mol. The first-order chi connectivity index (χ1) is 15.6. The quantitative estimate of drug-likeness (QED) is 0.392. The smallest absolute Gasteiger partial charge is 0.311 e. The number of carboxylic acids is 1. The highest BCUT2D eigenvalue weighted by Gasteiger charge is 2.20. The van der Waals surface area contributed by atoms with Crippen LogP contribution in [-0.2, 0) is 17.6 Å². The molecule has 5 nitrogen and oxygen atoms in total. The third-order valence-electron chi connectivity index (χ3n) is 5.34. The second-order valence-corrected chi connectivity index (χ2v) is 7.62. The molecule has 32 heavy (non-hydrogen) atoms. The summed E-state index contributed by atoms with van der Waals surface area (Å²) in [5.41, 5.74) is 4.61. The van der Waals surface area contributed by atoms with Crippen molar-refractivity contribution in [3.8, 4) is 11.5 Å². The molecule has 1 unspecified atom stereocenters. The predicted octanol–water partition coefficient (Wildman–Crippen LogP) is 5.71. The van der Waals surface area contributed by atoms with Crippen LogP contribution in [0, 0.1) is 6.92 Å². The van der Waals surface area contributed by atoms with Crippen molar-refractivity contribution in [3.63, 3.8) is 0 Å². The number of allylic oxidation sites excluding steroid dienone is 1. The van der Waals surface area contributed by atoms with Crippen molar-refractivity contribution in [1.82, 2.24) is 9.97 Å². The number of carboxylic acid groups (broad SMARTS) is 1. The number of hydrogen-bond donors (Lipinski definition) is 1. The van der Waals surface area contributed by atoms with Crippen LogP contribution in [0.3, 0.4) is 0 Å². The first-order valence-electron chi connectivity index (χ1n) is 10.5. The summed E-state index contributed by atoms with van der Waals surface area (Å²) in [6.45, 7) is 1.93. The van der Waals surface area contributed by atoms with Gasteiger partial charge in [0, 0.05) is 24.4 Å². The van der Waals surface area contributed by atoms with Gasteiger partial charge in [-0.3, -0.25) is 9.78 Å². The summed E-state index contributed by atoms with van der Waals surface area (Å²) in [5.74, 6) is -0.00436. The molecule has 0 amide bonds. The standard InChI is InChI=1S/C27H24N2O3/c1-19-25(29-26(32-19)22-8-3-2-4-9-22)11-5-7-20-12-14-21(15-13-20)17-24(27(30)31)23-10-6-16-28-18-23/h2-10,12-16,18,24H,11,17H2,1H3,(H,30,31)/b7-5+. The molecule has 0 aliphatic carbocycles. The fourth-order valence-electron chi connectivity index (χ4n) is 3.56. The van der Waals surface area contributed by atoms with E-state index in [-0.39, 0.29) is 0 Å². The fourth-order valence-corrected chi connectivity index (χ4v) is 3.56. The molecule has 0 spiro atoms. The Morgan fingerprint density at radius 2 is 1.84 bits per heavy atom. The maximum atomic E-state index is 11.7. The summed E-state index contributed by atoms with van der Waals surface area (Å²) in [5, 5.41) is 9.61. The van der Waals surface area contributed by atoms with Crippen molar-refractivity contribution in [2.24, 2.45) is 0 Å². The van der Waals surface area contributed by atoms with Crippen LogP contribution in [0.15, 0.2) is 89.6 Å². The largest absolute Gasteiger partial charge is 0.481 e. The van der Waals surface area contributed by atoms with Gasteiger partial charge in [-0.1, -0.05) is 60.7 Å². The lowest BCUT2D eigenvalue weighted by Crippen LogP contribution is -2.14. The molecular formula is C27H24N2O3. The second-order valence-electron chi connectivity index (χ2n) is 7.62. The van der Waals surface area contributed by atoms with Crippen LogP contribution in [-0.4, -0.2) is 21.0 Å². The third-order valence-corrected chi connectivity index (χ3v) is 5.34. The molecule has 0 saturated carbocycles. The van der Waals surface area contributed by atoms with Gasteiger partial charge in [0.05, 0.1) is 11.6 Å². The Morgan fingerprint density at radius 3 is 2.53 bits per heavy atom. The van der Waals surface area contributed by atoms with E-state index in [2.05, 4.69) is 16.0 Å². The first kappa shape index (κ1) is 21.2. The summed E-state index contributed by atoms with van der Waals surface area (Å²) >= 11 is 0. The number of pyridine rings is 1. The van der Waals surface area contributed by atoms with Crippen LogP contribution in [0.2, 0.25) is 0 Å². The summed E-state index contributed by atoms with van der Waals surface area (Å²) < 4.78 is 5.81. The molecule has 160 valence electrons. The number of rotatable bonds is 8. The molecule has 2 heterocycles. The van der Waals surface area contributed by atoms with Crippen LogP contribution in [0.1, 0.15) is 34.1 Å². The van der Waals surface area contributed by atoms with E-state index in [0.29, 0.717) is 24.3 Å². The van der Waals surface area contributed by atoms with Crippen molar-refractivity contribution in [1.29, 1.82) is 0 Å². The number of hydrogen-bond acceptors (Lipinski definition) is 4. The lowest BCUT2D eigenvalue weighted by Gasteiger charge is -2.12. The van der Waals surface area contributed by atoms with Gasteiger partial charge in [-0.15, -0.1) is 0 Å². The molecule has 0 aliphatic heterocycles. The van der Waals surface area contributed by atoms with Gasteiger partial charge in [-0.05, 0) is 48.2 Å². The highest BCUT2D eigenvalue weighted by Crippen LogP contribution is 2.23. The van der Waals surface area contributed by atoms with Crippen LogP contribution in [0.25, 0.3) is 17.5 Å². The summed E-state index contributed by atoms with van der Waals surface area (Å²) in [7, 11) is 0. The predicted molar refractivity (Wildman–Crippen MR) is 124 cm³/mol. The molecule has 2 aromatic carbocycles. The maximum absolute atomic E-state index is 11.7. The minimum atomic E-state index is -0.847. The van der Waals surface area contributed by atoms with E-state index < -0.39 is 11.9 Å². The van der Waals surface area contributed by atoms with Crippen molar-refractivity contribution >= 4 is 12.0 Å². The van der Waals surface area contributed by atoms with Crippen molar-refractivity contribution in [3.05, 3.63) is 113 Å². The molecule has 2 aromatic heterocycles. The molecule has 0 fully saturated rings. The van der Waals surface area contributed by atoms with Gasteiger partial charge in [0.1, 0.15) is 5.76 Å². The summed E-state index contributed by atoms with van der Waals surface area (Å²) in [4.78, 5) is 20.4. The Balaban J connectivity index is 1.40. The number of benzene rings is 2. The molecule has 5 heteroatoms. The van der Waals surface area contributed by atoms with Gasteiger partial charge in [-0.2, -0.15) is 0 Å². The number of aryl methyl sites for hydroxylation is 1. The molecule has 0 saturated heterocycles. The lowest BCUT2D eigenvalue weighted by molar-refractivity contribution is -0.138. The van der Waals surface area contributed by atoms with E-state index in [1.807, 2.05) is 67.6 Å². The van der Waals surface area contributed by atoms with E-state index in [0.717, 1.165) is 28.1 Å². The highest BCUT2D eigenvalue weighted by atomic mass is 16.4. The SMILES string of the molecule is Cc1oc(-c2ccccc2)nc1C/C=C/c1ccc(CC(C(=O)O)c2cccnc2)cc1. The Labute approximate surface area is 187 Å². The fraction of sp³-hybridized carbons (Fsp3) is 0.148. The van der Waals surface area contributed by atoms with Gasteiger partial charge in [-0.25, -0.2) is 4.98 Å². The second kappa shape index (κ2) is 9.88. The van der Waals surface area contributed by atoms with E-state index in [1.54, 1.807) is 24.5 Å². The minimum absolute atomic E-state index is 0.422. The normalized spacial score (nSPS) is 12.2. The zero-order valence-electron chi connectivity index (χ0n) is 17.8. The van der Waals surface area contributed by atoms with Crippen LogP contribution in [0.4, 0.5) is 0 Å². The van der Waals surface area contributed by atoms with Gasteiger partial charge in [0.15, 0.2) is 0 Å². The Bertz CT molecular complexity index is 1200. The highest BCUT2D eigenvalue weighted by molar-refractivity contribution is 5.76. The van der Waals surface area contributed by atoms with E-state index in [9.17, 15) is 9.90 Å². The van der Waals surface area contributed by atoms with Crippen LogP contribution in [0.5, 0.6) is 0 Å². The Kier molecular flexibility index (Phi) is 6.56. The Hall–Kier alpha value is -3.99. The van der Waals surface area contributed by atoms with E-state index in [1.165, 1.54) is 0 Å². The average Bonchev–Trinajstić information content (AvgIpc) is 3.20. The maximum Gasteiger partial charge on any atom is 0.311 e. The summed E-state index contributed by atoms with van der Waals surface area (Å²) in [6.07, 6.45) is 8.45. The number of nitrogens with zero attached hydrogens (tertiary/aromatic N) is 2. The zero-order chi connectivity index (χ0) is 22.3. The Morgan fingerprint density at radius 1 is 1.06 bits per heavy atom. The molecule has 1 N–H and O–H groups in total. The van der Waals surface area contributed by atoms with Gasteiger partial charge in [0.25, 0.3) is 0 Å². The van der Waals surface area contributed by atoms with Gasteiger partial charge >= 0.3 is 5.97 Å². The van der Waals surface area contributed by atoms with E-state index in [4.69, 9.17) is 4.42 Å².